The third kappa shape index (κ3) is 3.82. The molecule has 1 saturated heterocycles. The lowest BCUT2D eigenvalue weighted by Gasteiger charge is -2.31. The van der Waals surface area contributed by atoms with Crippen molar-refractivity contribution in [2.45, 2.75) is 51.2 Å². The highest BCUT2D eigenvalue weighted by atomic mass is 16.2. The lowest BCUT2D eigenvalue weighted by atomic mass is 10.1. The van der Waals surface area contributed by atoms with Gasteiger partial charge in [-0.2, -0.15) is 5.26 Å². The van der Waals surface area contributed by atoms with Crippen LogP contribution in [0.25, 0.3) is 0 Å². The van der Waals surface area contributed by atoms with Crippen molar-refractivity contribution in [3.05, 3.63) is 32.6 Å². The predicted octanol–water partition coefficient (Wildman–Crippen LogP) is -0.183. The standard InChI is InChI=1S/C17H23N5O3/c1-2-20-7-5-13(6-8-20)19-15(23)11-22-16(24)12(9-18)10-21(17(22)25)14-3-4-14/h10,13-14H,2-8,11H2,1H3,(H,19,23). The first-order chi connectivity index (χ1) is 12.0. The van der Waals surface area contributed by atoms with Gasteiger partial charge >= 0.3 is 5.69 Å². The number of rotatable bonds is 5. The number of hydrogen-bond donors (Lipinski definition) is 1. The summed E-state index contributed by atoms with van der Waals surface area (Å²) in [6.45, 7) is 4.63. The number of piperidine rings is 1. The van der Waals surface area contributed by atoms with Crippen LogP contribution in [0.1, 0.15) is 44.2 Å². The number of amides is 1. The smallest absolute Gasteiger partial charge is 0.331 e. The van der Waals surface area contributed by atoms with Crippen molar-refractivity contribution in [3.8, 4) is 6.07 Å². The molecule has 25 heavy (non-hydrogen) atoms. The average Bonchev–Trinajstić information content (AvgIpc) is 3.44. The molecule has 2 heterocycles. The Bertz CT molecular complexity index is 807. The second-order valence-corrected chi connectivity index (χ2v) is 6.74. The van der Waals surface area contributed by atoms with Gasteiger partial charge in [-0.1, -0.05) is 6.92 Å². The molecule has 1 N–H and O–H groups in total. The first-order valence-corrected chi connectivity index (χ1v) is 8.81. The lowest BCUT2D eigenvalue weighted by molar-refractivity contribution is -0.122. The summed E-state index contributed by atoms with van der Waals surface area (Å²) in [6, 6.07) is 1.92. The molecule has 134 valence electrons. The highest BCUT2D eigenvalue weighted by Gasteiger charge is 2.27. The Balaban J connectivity index is 1.73. The van der Waals surface area contributed by atoms with Crippen molar-refractivity contribution >= 4 is 5.91 Å². The summed E-state index contributed by atoms with van der Waals surface area (Å²) in [4.78, 5) is 39.4. The largest absolute Gasteiger partial charge is 0.352 e. The van der Waals surface area contributed by atoms with Gasteiger partial charge in [0.2, 0.25) is 5.91 Å². The number of hydrogen-bond acceptors (Lipinski definition) is 5. The molecule has 1 aromatic heterocycles. The van der Waals surface area contributed by atoms with E-state index in [4.69, 9.17) is 5.26 Å². The van der Waals surface area contributed by atoms with Crippen LogP contribution in [0.2, 0.25) is 0 Å². The molecule has 0 atom stereocenters. The number of likely N-dealkylation sites (tertiary alicyclic amines) is 1. The summed E-state index contributed by atoms with van der Waals surface area (Å²) < 4.78 is 2.29. The summed E-state index contributed by atoms with van der Waals surface area (Å²) in [7, 11) is 0. The van der Waals surface area contributed by atoms with Crippen LogP contribution in [0.4, 0.5) is 0 Å². The molecule has 8 heteroatoms. The van der Waals surface area contributed by atoms with Crippen molar-refractivity contribution in [1.29, 1.82) is 5.26 Å². The molecule has 2 aliphatic rings. The van der Waals surface area contributed by atoms with Crippen molar-refractivity contribution in [3.63, 3.8) is 0 Å². The van der Waals surface area contributed by atoms with E-state index in [1.807, 2.05) is 6.07 Å². The van der Waals surface area contributed by atoms with Gasteiger partial charge in [-0.25, -0.2) is 9.36 Å². The SMILES string of the molecule is CCN1CCC(NC(=O)Cn2c(=O)c(C#N)cn(C3CC3)c2=O)CC1. The Morgan fingerprint density at radius 2 is 1.96 bits per heavy atom. The van der Waals surface area contributed by atoms with Gasteiger partial charge in [0.25, 0.3) is 5.56 Å². The zero-order valence-electron chi connectivity index (χ0n) is 14.4. The minimum absolute atomic E-state index is 0.0351. The van der Waals surface area contributed by atoms with E-state index in [0.717, 1.165) is 49.9 Å². The van der Waals surface area contributed by atoms with E-state index in [2.05, 4.69) is 17.1 Å². The Morgan fingerprint density at radius 3 is 2.52 bits per heavy atom. The Labute approximate surface area is 145 Å². The predicted molar refractivity (Wildman–Crippen MR) is 91.2 cm³/mol. The van der Waals surface area contributed by atoms with E-state index in [9.17, 15) is 14.4 Å². The van der Waals surface area contributed by atoms with Crippen LogP contribution in [0.5, 0.6) is 0 Å². The zero-order valence-corrected chi connectivity index (χ0v) is 14.4. The van der Waals surface area contributed by atoms with E-state index in [0.29, 0.717) is 0 Å². The molecule has 1 saturated carbocycles. The van der Waals surface area contributed by atoms with Crippen LogP contribution in [-0.2, 0) is 11.3 Å². The van der Waals surface area contributed by atoms with Crippen molar-refractivity contribution < 1.29 is 4.79 Å². The second-order valence-electron chi connectivity index (χ2n) is 6.74. The molecule has 8 nitrogen and oxygen atoms in total. The van der Waals surface area contributed by atoms with Gasteiger partial charge in [-0.05, 0) is 32.2 Å². The molecular formula is C17H23N5O3. The van der Waals surface area contributed by atoms with Gasteiger partial charge < -0.3 is 10.2 Å². The van der Waals surface area contributed by atoms with Crippen LogP contribution < -0.4 is 16.6 Å². The molecule has 0 spiro atoms. The average molecular weight is 345 g/mol. The third-order valence-corrected chi connectivity index (χ3v) is 4.96. The number of nitrogens with zero attached hydrogens (tertiary/aromatic N) is 4. The number of nitriles is 1. The fourth-order valence-corrected chi connectivity index (χ4v) is 3.26. The normalized spacial score (nSPS) is 18.7. The highest BCUT2D eigenvalue weighted by Crippen LogP contribution is 2.33. The maximum Gasteiger partial charge on any atom is 0.331 e. The highest BCUT2D eigenvalue weighted by molar-refractivity contribution is 5.76. The van der Waals surface area contributed by atoms with E-state index in [-0.39, 0.29) is 30.1 Å². The number of aromatic nitrogens is 2. The summed E-state index contributed by atoms with van der Waals surface area (Å²) in [6.07, 6.45) is 4.74. The molecule has 2 fully saturated rings. The summed E-state index contributed by atoms with van der Waals surface area (Å²) >= 11 is 0. The minimum Gasteiger partial charge on any atom is -0.352 e. The maximum absolute atomic E-state index is 12.5. The number of nitrogens with one attached hydrogen (secondary N) is 1. The van der Waals surface area contributed by atoms with Crippen molar-refractivity contribution in [1.82, 2.24) is 19.4 Å². The lowest BCUT2D eigenvalue weighted by Crippen LogP contribution is -2.48. The molecule has 1 aliphatic heterocycles. The van der Waals surface area contributed by atoms with Gasteiger partial charge in [0.05, 0.1) is 0 Å². The quantitative estimate of drug-likeness (QED) is 0.798. The first-order valence-electron chi connectivity index (χ1n) is 8.81. The summed E-state index contributed by atoms with van der Waals surface area (Å²) in [5, 5.41) is 12.0. The van der Waals surface area contributed by atoms with Gasteiger partial charge in [-0.15, -0.1) is 0 Å². The molecule has 3 rings (SSSR count). The number of carbonyl (C=O) groups is 1. The molecule has 0 bridgehead atoms. The number of carbonyl (C=O) groups excluding carboxylic acids is 1. The van der Waals surface area contributed by atoms with Crippen LogP contribution >= 0.6 is 0 Å². The van der Waals surface area contributed by atoms with Crippen LogP contribution in [0.15, 0.2) is 15.8 Å². The van der Waals surface area contributed by atoms with Gasteiger partial charge in [0, 0.05) is 31.4 Å². The van der Waals surface area contributed by atoms with E-state index in [1.165, 1.54) is 10.8 Å². The fraction of sp³-hybridized carbons (Fsp3) is 0.647. The molecule has 0 aromatic carbocycles. The molecule has 0 unspecified atom stereocenters. The Hall–Kier alpha value is -2.40. The fourth-order valence-electron chi connectivity index (χ4n) is 3.26. The van der Waals surface area contributed by atoms with E-state index >= 15 is 0 Å². The third-order valence-electron chi connectivity index (χ3n) is 4.96. The summed E-state index contributed by atoms with van der Waals surface area (Å²) in [5.74, 6) is -0.355. The molecule has 1 amide bonds. The van der Waals surface area contributed by atoms with Gasteiger partial charge in [-0.3, -0.25) is 14.2 Å². The first kappa shape index (κ1) is 17.4. The monoisotopic (exact) mass is 345 g/mol. The molecule has 0 radical (unpaired) electrons. The van der Waals surface area contributed by atoms with Crippen LogP contribution in [0, 0.1) is 11.3 Å². The Kier molecular flexibility index (Phi) is 5.04. The van der Waals surface area contributed by atoms with E-state index < -0.39 is 11.2 Å². The summed E-state index contributed by atoms with van der Waals surface area (Å²) in [5.41, 5.74) is -1.31. The van der Waals surface area contributed by atoms with Gasteiger partial charge in [0.1, 0.15) is 18.2 Å². The molecular weight excluding hydrogens is 322 g/mol. The van der Waals surface area contributed by atoms with Crippen molar-refractivity contribution in [2.24, 2.45) is 0 Å². The maximum atomic E-state index is 12.5. The van der Waals surface area contributed by atoms with Crippen molar-refractivity contribution in [2.75, 3.05) is 19.6 Å². The zero-order chi connectivity index (χ0) is 18.0. The minimum atomic E-state index is -0.694. The van der Waals surface area contributed by atoms with Crippen LogP contribution in [0.3, 0.4) is 0 Å². The van der Waals surface area contributed by atoms with Crippen LogP contribution in [-0.4, -0.2) is 45.6 Å². The second kappa shape index (κ2) is 7.23. The molecule has 1 aromatic rings. The Morgan fingerprint density at radius 1 is 1.28 bits per heavy atom. The molecule has 1 aliphatic carbocycles. The topological polar surface area (TPSA) is 100 Å². The van der Waals surface area contributed by atoms with Gasteiger partial charge in [0.15, 0.2) is 0 Å². The van der Waals surface area contributed by atoms with E-state index in [1.54, 1.807) is 0 Å².